The molecular weight excluding hydrogens is 281 g/mol. The van der Waals surface area contributed by atoms with Gasteiger partial charge in [0.1, 0.15) is 12.4 Å². The van der Waals surface area contributed by atoms with Gasteiger partial charge < -0.3 is 9.84 Å². The molecule has 1 aromatic rings. The number of hydrogen-bond donors (Lipinski definition) is 1. The molecule has 0 bridgehead atoms. The Labute approximate surface area is 90.1 Å². The molecule has 0 amide bonds. The van der Waals surface area contributed by atoms with Crippen LogP contribution in [0.5, 0.6) is 5.75 Å². The van der Waals surface area contributed by atoms with Gasteiger partial charge in [0.15, 0.2) is 0 Å². The minimum absolute atomic E-state index is 0.0210. The molecule has 0 aromatic heterocycles. The average molecular weight is 289 g/mol. The van der Waals surface area contributed by atoms with Crippen LogP contribution in [0.15, 0.2) is 18.2 Å². The highest BCUT2D eigenvalue weighted by atomic mass is 127. The molecule has 4 heteroatoms. The predicted molar refractivity (Wildman–Crippen MR) is 56.5 cm³/mol. The average Bonchev–Trinajstić information content (AvgIpc) is 2.17. The fourth-order valence-electron chi connectivity index (χ4n) is 0.839. The minimum atomic E-state index is -0.0210. The second kappa shape index (κ2) is 5.04. The smallest absolute Gasteiger partial charge is 0.134 e. The summed E-state index contributed by atoms with van der Waals surface area (Å²) in [6, 6.07) is 7.23. The zero-order valence-electron chi connectivity index (χ0n) is 6.83. The number of rotatable bonds is 3. The van der Waals surface area contributed by atoms with E-state index >= 15 is 0 Å². The number of halogens is 1. The lowest BCUT2D eigenvalue weighted by Gasteiger charge is -2.06. The number of nitriles is 1. The van der Waals surface area contributed by atoms with Gasteiger partial charge >= 0.3 is 0 Å². The van der Waals surface area contributed by atoms with Gasteiger partial charge in [-0.15, -0.1) is 0 Å². The Morgan fingerprint density at radius 1 is 1.54 bits per heavy atom. The summed E-state index contributed by atoms with van der Waals surface area (Å²) in [5, 5.41) is 17.2. The van der Waals surface area contributed by atoms with Gasteiger partial charge in [-0.05, 0) is 40.8 Å². The third-order valence-electron chi connectivity index (χ3n) is 1.41. The van der Waals surface area contributed by atoms with Crippen LogP contribution in [0.1, 0.15) is 5.56 Å². The minimum Gasteiger partial charge on any atom is -0.490 e. The zero-order chi connectivity index (χ0) is 9.68. The Balaban J connectivity index is 2.85. The lowest BCUT2D eigenvalue weighted by molar-refractivity contribution is 0.200. The van der Waals surface area contributed by atoms with E-state index in [4.69, 9.17) is 15.1 Å². The second-order valence-corrected chi connectivity index (χ2v) is 3.49. The number of nitrogens with zero attached hydrogens (tertiary/aromatic N) is 1. The summed E-state index contributed by atoms with van der Waals surface area (Å²) in [7, 11) is 0. The first-order valence-electron chi connectivity index (χ1n) is 3.71. The highest BCUT2D eigenvalue weighted by molar-refractivity contribution is 14.1. The van der Waals surface area contributed by atoms with E-state index in [9.17, 15) is 0 Å². The van der Waals surface area contributed by atoms with Crippen molar-refractivity contribution in [1.29, 1.82) is 5.26 Å². The van der Waals surface area contributed by atoms with E-state index in [0.29, 0.717) is 11.3 Å². The standard InChI is InChI=1S/C9H8INO2/c10-8-2-1-7(6-11)5-9(8)13-4-3-12/h1-2,5,12H,3-4H2. The SMILES string of the molecule is N#Cc1ccc(I)c(OCCO)c1. The van der Waals surface area contributed by atoms with Crippen molar-refractivity contribution in [2.24, 2.45) is 0 Å². The molecule has 0 aliphatic heterocycles. The molecule has 0 radical (unpaired) electrons. The summed E-state index contributed by atoms with van der Waals surface area (Å²) in [6.45, 7) is 0.234. The van der Waals surface area contributed by atoms with Crippen LogP contribution in [0.25, 0.3) is 0 Å². The van der Waals surface area contributed by atoms with E-state index in [1.165, 1.54) is 0 Å². The number of benzene rings is 1. The molecule has 68 valence electrons. The van der Waals surface area contributed by atoms with Crippen LogP contribution < -0.4 is 4.74 Å². The van der Waals surface area contributed by atoms with Crippen molar-refractivity contribution < 1.29 is 9.84 Å². The van der Waals surface area contributed by atoms with Crippen LogP contribution in [0.4, 0.5) is 0 Å². The molecule has 13 heavy (non-hydrogen) atoms. The van der Waals surface area contributed by atoms with Crippen LogP contribution >= 0.6 is 22.6 Å². The summed E-state index contributed by atoms with van der Waals surface area (Å²) in [5.74, 6) is 0.647. The molecule has 1 aromatic carbocycles. The third kappa shape index (κ3) is 2.86. The molecule has 0 aliphatic rings. The van der Waals surface area contributed by atoms with Crippen molar-refractivity contribution in [3.8, 4) is 11.8 Å². The predicted octanol–water partition coefficient (Wildman–Crippen LogP) is 1.53. The van der Waals surface area contributed by atoms with Crippen LogP contribution in [0, 0.1) is 14.9 Å². The molecule has 0 saturated carbocycles. The monoisotopic (exact) mass is 289 g/mol. The molecule has 0 unspecified atom stereocenters. The summed E-state index contributed by atoms with van der Waals surface area (Å²) < 4.78 is 6.16. The quantitative estimate of drug-likeness (QED) is 0.859. The van der Waals surface area contributed by atoms with Crippen molar-refractivity contribution in [3.63, 3.8) is 0 Å². The van der Waals surface area contributed by atoms with Gasteiger partial charge in [0, 0.05) is 0 Å². The van der Waals surface area contributed by atoms with E-state index in [0.717, 1.165) is 3.57 Å². The Hall–Kier alpha value is -0.800. The van der Waals surface area contributed by atoms with Gasteiger partial charge in [0.05, 0.1) is 21.8 Å². The fourth-order valence-corrected chi connectivity index (χ4v) is 1.33. The number of hydrogen-bond acceptors (Lipinski definition) is 3. The summed E-state index contributed by atoms with van der Waals surface area (Å²) in [5.41, 5.74) is 0.563. The maximum Gasteiger partial charge on any atom is 0.134 e. The Kier molecular flexibility index (Phi) is 3.99. The topological polar surface area (TPSA) is 53.2 Å². The van der Waals surface area contributed by atoms with Gasteiger partial charge in [0.2, 0.25) is 0 Å². The maximum absolute atomic E-state index is 8.62. The molecule has 0 fully saturated rings. The van der Waals surface area contributed by atoms with Crippen molar-refractivity contribution in [2.75, 3.05) is 13.2 Å². The van der Waals surface area contributed by atoms with Crippen molar-refractivity contribution >= 4 is 22.6 Å². The Bertz CT molecular complexity index is 333. The van der Waals surface area contributed by atoms with Crippen LogP contribution in [0.3, 0.4) is 0 Å². The van der Waals surface area contributed by atoms with Gasteiger partial charge in [-0.2, -0.15) is 5.26 Å². The summed E-state index contributed by atoms with van der Waals surface area (Å²) >= 11 is 2.12. The molecular formula is C9H8INO2. The normalized spacial score (nSPS) is 9.31. The lowest BCUT2D eigenvalue weighted by atomic mass is 10.2. The highest BCUT2D eigenvalue weighted by Crippen LogP contribution is 2.21. The Morgan fingerprint density at radius 2 is 2.31 bits per heavy atom. The first-order chi connectivity index (χ1) is 6.27. The number of ether oxygens (including phenoxy) is 1. The van der Waals surface area contributed by atoms with Crippen LogP contribution in [0.2, 0.25) is 0 Å². The van der Waals surface area contributed by atoms with E-state index in [2.05, 4.69) is 22.6 Å². The molecule has 0 aliphatic carbocycles. The van der Waals surface area contributed by atoms with Gasteiger partial charge in [-0.3, -0.25) is 0 Å². The third-order valence-corrected chi connectivity index (χ3v) is 2.30. The maximum atomic E-state index is 8.62. The van der Waals surface area contributed by atoms with E-state index in [-0.39, 0.29) is 13.2 Å². The van der Waals surface area contributed by atoms with E-state index < -0.39 is 0 Å². The molecule has 0 heterocycles. The molecule has 3 nitrogen and oxygen atoms in total. The molecule has 0 spiro atoms. The van der Waals surface area contributed by atoms with Gasteiger partial charge in [-0.25, -0.2) is 0 Å². The van der Waals surface area contributed by atoms with Gasteiger partial charge in [-0.1, -0.05) is 0 Å². The highest BCUT2D eigenvalue weighted by Gasteiger charge is 2.01. The van der Waals surface area contributed by atoms with Crippen molar-refractivity contribution in [2.45, 2.75) is 0 Å². The molecule has 1 rings (SSSR count). The Morgan fingerprint density at radius 3 is 2.92 bits per heavy atom. The molecule has 0 atom stereocenters. The second-order valence-electron chi connectivity index (χ2n) is 2.33. The number of aliphatic hydroxyl groups is 1. The van der Waals surface area contributed by atoms with E-state index in [1.807, 2.05) is 12.1 Å². The summed E-state index contributed by atoms with van der Waals surface area (Å²) in [6.07, 6.45) is 0. The summed E-state index contributed by atoms with van der Waals surface area (Å²) in [4.78, 5) is 0. The first kappa shape index (κ1) is 10.3. The molecule has 0 saturated heterocycles. The first-order valence-corrected chi connectivity index (χ1v) is 4.79. The largest absolute Gasteiger partial charge is 0.490 e. The fraction of sp³-hybridized carbons (Fsp3) is 0.222. The van der Waals surface area contributed by atoms with Crippen LogP contribution in [-0.4, -0.2) is 18.3 Å². The lowest BCUT2D eigenvalue weighted by Crippen LogP contribution is -2.02. The van der Waals surface area contributed by atoms with Crippen molar-refractivity contribution in [1.82, 2.24) is 0 Å². The number of aliphatic hydroxyl groups excluding tert-OH is 1. The van der Waals surface area contributed by atoms with Gasteiger partial charge in [0.25, 0.3) is 0 Å². The molecule has 1 N–H and O–H groups in total. The van der Waals surface area contributed by atoms with Crippen molar-refractivity contribution in [3.05, 3.63) is 27.3 Å². The zero-order valence-corrected chi connectivity index (χ0v) is 8.98. The van der Waals surface area contributed by atoms with Crippen LogP contribution in [-0.2, 0) is 0 Å². The van der Waals surface area contributed by atoms with E-state index in [1.54, 1.807) is 12.1 Å².